The highest BCUT2D eigenvalue weighted by molar-refractivity contribution is 5.79. The van der Waals surface area contributed by atoms with Gasteiger partial charge in [-0.05, 0) is 44.0 Å². The highest BCUT2D eigenvalue weighted by Crippen LogP contribution is 2.23. The number of nitrogens with two attached hydrogens (primary N) is 1. The van der Waals surface area contributed by atoms with Gasteiger partial charge in [-0.3, -0.25) is 0 Å². The molecule has 0 saturated heterocycles. The standard InChI is InChI=1S/C14H21NO3/c1-4-14(2,13(16)17-3)18-12-7-5-11(6-8-12)9-10-15/h5-8H,4,9-10,15H2,1-3H3/t14-/m0/s1. The summed E-state index contributed by atoms with van der Waals surface area (Å²) in [6.45, 7) is 4.24. The van der Waals surface area contributed by atoms with Crippen molar-refractivity contribution in [3.63, 3.8) is 0 Å². The minimum atomic E-state index is -0.940. The van der Waals surface area contributed by atoms with Crippen LogP contribution in [0.15, 0.2) is 24.3 Å². The zero-order chi connectivity index (χ0) is 13.6. The maximum Gasteiger partial charge on any atom is 0.349 e. The van der Waals surface area contributed by atoms with E-state index >= 15 is 0 Å². The third kappa shape index (κ3) is 3.47. The SMILES string of the molecule is CC[C@](C)(Oc1ccc(CCN)cc1)C(=O)OC. The van der Waals surface area contributed by atoms with Gasteiger partial charge in [-0.25, -0.2) is 4.79 Å². The van der Waals surface area contributed by atoms with Crippen LogP contribution < -0.4 is 10.5 Å². The molecule has 1 aromatic rings. The molecule has 18 heavy (non-hydrogen) atoms. The van der Waals surface area contributed by atoms with Crippen molar-refractivity contribution in [3.05, 3.63) is 29.8 Å². The number of rotatable bonds is 6. The minimum Gasteiger partial charge on any atom is -0.476 e. The lowest BCUT2D eigenvalue weighted by Crippen LogP contribution is -2.41. The van der Waals surface area contributed by atoms with Crippen LogP contribution in [0.2, 0.25) is 0 Å². The average molecular weight is 251 g/mol. The summed E-state index contributed by atoms with van der Waals surface area (Å²) < 4.78 is 10.5. The van der Waals surface area contributed by atoms with E-state index < -0.39 is 5.60 Å². The summed E-state index contributed by atoms with van der Waals surface area (Å²) in [6.07, 6.45) is 1.38. The van der Waals surface area contributed by atoms with Crippen LogP contribution in [0.1, 0.15) is 25.8 Å². The molecule has 100 valence electrons. The number of methoxy groups -OCH3 is 1. The van der Waals surface area contributed by atoms with Crippen LogP contribution in [0.4, 0.5) is 0 Å². The summed E-state index contributed by atoms with van der Waals surface area (Å²) in [7, 11) is 1.37. The molecule has 0 radical (unpaired) electrons. The molecule has 2 N–H and O–H groups in total. The molecular formula is C14H21NO3. The minimum absolute atomic E-state index is 0.365. The summed E-state index contributed by atoms with van der Waals surface area (Å²) in [5.41, 5.74) is 5.70. The van der Waals surface area contributed by atoms with Gasteiger partial charge in [0.2, 0.25) is 5.60 Å². The summed E-state index contributed by atoms with van der Waals surface area (Å²) in [5.74, 6) is 0.293. The Bertz CT molecular complexity index is 389. The van der Waals surface area contributed by atoms with Gasteiger partial charge in [-0.2, -0.15) is 0 Å². The maximum atomic E-state index is 11.7. The Morgan fingerprint density at radius 1 is 1.33 bits per heavy atom. The summed E-state index contributed by atoms with van der Waals surface area (Å²) in [5, 5.41) is 0. The van der Waals surface area contributed by atoms with Crippen molar-refractivity contribution in [3.8, 4) is 5.75 Å². The molecule has 0 fully saturated rings. The number of carbonyl (C=O) groups is 1. The van der Waals surface area contributed by atoms with Crippen LogP contribution in [-0.2, 0) is 16.0 Å². The molecule has 1 aromatic carbocycles. The third-order valence-corrected chi connectivity index (χ3v) is 2.99. The predicted octanol–water partition coefficient (Wildman–Crippen LogP) is 1.91. The average Bonchev–Trinajstić information content (AvgIpc) is 2.40. The lowest BCUT2D eigenvalue weighted by Gasteiger charge is -2.26. The van der Waals surface area contributed by atoms with Crippen LogP contribution in [-0.4, -0.2) is 25.2 Å². The zero-order valence-electron chi connectivity index (χ0n) is 11.2. The Morgan fingerprint density at radius 3 is 2.39 bits per heavy atom. The molecule has 0 bridgehead atoms. The van der Waals surface area contributed by atoms with Crippen LogP contribution in [0.3, 0.4) is 0 Å². The van der Waals surface area contributed by atoms with Crippen molar-refractivity contribution in [1.82, 2.24) is 0 Å². The molecule has 4 heteroatoms. The van der Waals surface area contributed by atoms with Crippen LogP contribution in [0.25, 0.3) is 0 Å². The van der Waals surface area contributed by atoms with E-state index in [0.717, 1.165) is 12.0 Å². The highest BCUT2D eigenvalue weighted by atomic mass is 16.6. The Labute approximate surface area is 108 Å². The lowest BCUT2D eigenvalue weighted by molar-refractivity contribution is -0.157. The van der Waals surface area contributed by atoms with E-state index in [2.05, 4.69) is 0 Å². The Morgan fingerprint density at radius 2 is 1.94 bits per heavy atom. The fourth-order valence-corrected chi connectivity index (χ4v) is 1.63. The van der Waals surface area contributed by atoms with Crippen molar-refractivity contribution in [2.45, 2.75) is 32.3 Å². The van der Waals surface area contributed by atoms with Gasteiger partial charge in [-0.15, -0.1) is 0 Å². The van der Waals surface area contributed by atoms with Crippen LogP contribution >= 0.6 is 0 Å². The highest BCUT2D eigenvalue weighted by Gasteiger charge is 2.34. The number of benzene rings is 1. The molecule has 0 aliphatic heterocycles. The van der Waals surface area contributed by atoms with E-state index in [9.17, 15) is 4.79 Å². The quantitative estimate of drug-likeness (QED) is 0.784. The normalized spacial score (nSPS) is 13.8. The fourth-order valence-electron chi connectivity index (χ4n) is 1.63. The zero-order valence-corrected chi connectivity index (χ0v) is 11.2. The first kappa shape index (κ1) is 14.5. The molecule has 1 atom stereocenters. The summed E-state index contributed by atoms with van der Waals surface area (Å²) in [6, 6.07) is 7.61. The van der Waals surface area contributed by atoms with E-state index in [1.807, 2.05) is 31.2 Å². The van der Waals surface area contributed by atoms with Crippen molar-refractivity contribution < 1.29 is 14.3 Å². The first-order valence-corrected chi connectivity index (χ1v) is 6.12. The van der Waals surface area contributed by atoms with Crippen molar-refractivity contribution in [2.24, 2.45) is 5.73 Å². The van der Waals surface area contributed by atoms with Gasteiger partial charge in [0.05, 0.1) is 7.11 Å². The number of esters is 1. The van der Waals surface area contributed by atoms with Gasteiger partial charge in [0.25, 0.3) is 0 Å². The van der Waals surface area contributed by atoms with Gasteiger partial charge >= 0.3 is 5.97 Å². The third-order valence-electron chi connectivity index (χ3n) is 2.99. The molecule has 0 heterocycles. The van der Waals surface area contributed by atoms with E-state index in [4.69, 9.17) is 15.2 Å². The van der Waals surface area contributed by atoms with Gasteiger partial charge in [0.15, 0.2) is 0 Å². The first-order valence-electron chi connectivity index (χ1n) is 6.12. The van der Waals surface area contributed by atoms with Crippen LogP contribution in [0, 0.1) is 0 Å². The Balaban J connectivity index is 2.79. The summed E-state index contributed by atoms with van der Waals surface area (Å²) in [4.78, 5) is 11.7. The number of ether oxygens (including phenoxy) is 2. The molecule has 1 rings (SSSR count). The topological polar surface area (TPSA) is 61.5 Å². The van der Waals surface area contributed by atoms with Gasteiger partial charge in [0, 0.05) is 0 Å². The number of hydrogen-bond acceptors (Lipinski definition) is 4. The second kappa shape index (κ2) is 6.40. The van der Waals surface area contributed by atoms with E-state index in [-0.39, 0.29) is 5.97 Å². The number of carbonyl (C=O) groups excluding carboxylic acids is 1. The van der Waals surface area contributed by atoms with Gasteiger partial charge in [-0.1, -0.05) is 19.1 Å². The first-order chi connectivity index (χ1) is 8.55. The van der Waals surface area contributed by atoms with Gasteiger partial charge < -0.3 is 15.2 Å². The number of hydrogen-bond donors (Lipinski definition) is 1. The molecule has 4 nitrogen and oxygen atoms in total. The largest absolute Gasteiger partial charge is 0.476 e. The molecular weight excluding hydrogens is 230 g/mol. The predicted molar refractivity (Wildman–Crippen MR) is 70.5 cm³/mol. The Hall–Kier alpha value is -1.55. The smallest absolute Gasteiger partial charge is 0.349 e. The van der Waals surface area contributed by atoms with Crippen molar-refractivity contribution in [2.75, 3.05) is 13.7 Å². The molecule has 0 aliphatic rings. The van der Waals surface area contributed by atoms with Crippen LogP contribution in [0.5, 0.6) is 5.75 Å². The van der Waals surface area contributed by atoms with Crippen molar-refractivity contribution >= 4 is 5.97 Å². The molecule has 0 aliphatic carbocycles. The molecule has 0 spiro atoms. The monoisotopic (exact) mass is 251 g/mol. The van der Waals surface area contributed by atoms with E-state index in [1.54, 1.807) is 6.92 Å². The fraction of sp³-hybridized carbons (Fsp3) is 0.500. The second-order valence-corrected chi connectivity index (χ2v) is 4.36. The van der Waals surface area contributed by atoms with Gasteiger partial charge in [0.1, 0.15) is 5.75 Å². The van der Waals surface area contributed by atoms with Crippen molar-refractivity contribution in [1.29, 1.82) is 0 Å². The lowest BCUT2D eigenvalue weighted by atomic mass is 10.0. The molecule has 0 amide bonds. The molecule has 0 unspecified atom stereocenters. The van der Waals surface area contributed by atoms with E-state index in [0.29, 0.717) is 18.7 Å². The maximum absolute atomic E-state index is 11.7. The molecule has 0 saturated carbocycles. The second-order valence-electron chi connectivity index (χ2n) is 4.36. The van der Waals surface area contributed by atoms with E-state index in [1.165, 1.54) is 7.11 Å². The Kier molecular flexibility index (Phi) is 5.16. The molecule has 0 aromatic heterocycles. The summed E-state index contributed by atoms with van der Waals surface area (Å²) >= 11 is 0.